The van der Waals surface area contributed by atoms with Crippen LogP contribution < -0.4 is 11.1 Å². The normalized spacial score (nSPS) is 11.2. The molecule has 2 aromatic carbocycles. The van der Waals surface area contributed by atoms with Gasteiger partial charge in [0, 0.05) is 11.3 Å². The van der Waals surface area contributed by atoms with Gasteiger partial charge in [-0.15, -0.1) is 11.8 Å². The van der Waals surface area contributed by atoms with Gasteiger partial charge >= 0.3 is 6.18 Å². The minimum absolute atomic E-state index is 0.0263. The van der Waals surface area contributed by atoms with Crippen LogP contribution in [-0.2, 0) is 16.7 Å². The summed E-state index contributed by atoms with van der Waals surface area (Å²) in [7, 11) is 0. The summed E-state index contributed by atoms with van der Waals surface area (Å²) in [6.45, 7) is 0. The van der Waals surface area contributed by atoms with Crippen LogP contribution in [0.5, 0.6) is 0 Å². The number of carbonyl (C=O) groups excluding carboxylic acids is 2. The molecule has 0 fully saturated rings. The Hall–Kier alpha value is -2.19. The number of amides is 2. The molecule has 0 saturated heterocycles. The molecule has 0 radical (unpaired) electrons. The third-order valence-electron chi connectivity index (χ3n) is 3.31. The van der Waals surface area contributed by atoms with E-state index in [1.807, 2.05) is 0 Å². The molecule has 26 heavy (non-hydrogen) atoms. The summed E-state index contributed by atoms with van der Waals surface area (Å²) < 4.78 is 38.2. The topological polar surface area (TPSA) is 72.2 Å². The van der Waals surface area contributed by atoms with Gasteiger partial charge in [0.05, 0.1) is 22.0 Å². The highest BCUT2D eigenvalue weighted by Gasteiger charge is 2.31. The largest absolute Gasteiger partial charge is 0.416 e. The summed E-state index contributed by atoms with van der Waals surface area (Å²) in [4.78, 5) is 22.9. The molecule has 0 heterocycles. The molecule has 0 aliphatic rings. The van der Waals surface area contributed by atoms with Crippen LogP contribution in [0.15, 0.2) is 42.5 Å². The van der Waals surface area contributed by atoms with Crippen molar-refractivity contribution < 1.29 is 22.8 Å². The zero-order chi connectivity index (χ0) is 19.3. The molecule has 0 atom stereocenters. The summed E-state index contributed by atoms with van der Waals surface area (Å²) in [5.41, 5.74) is 5.44. The van der Waals surface area contributed by atoms with Crippen LogP contribution in [0.3, 0.4) is 0 Å². The fourth-order valence-corrected chi connectivity index (χ4v) is 2.96. The minimum Gasteiger partial charge on any atom is -0.366 e. The standard InChI is InChI=1S/C17H14ClF3N2O2S/c18-13-6-5-12(17(19,20)21)7-14(13)23-15(24)9-26-8-10-1-3-11(4-2-10)16(22)25/h1-7H,8-9H2,(H2,22,25)(H,23,24). The number of carbonyl (C=O) groups is 2. The second-order valence-corrected chi connectivity index (χ2v) is 6.69. The average molecular weight is 403 g/mol. The highest BCUT2D eigenvalue weighted by atomic mass is 35.5. The van der Waals surface area contributed by atoms with Crippen molar-refractivity contribution in [2.24, 2.45) is 5.73 Å². The Kier molecular flexibility index (Phi) is 6.55. The van der Waals surface area contributed by atoms with Gasteiger partial charge in [-0.1, -0.05) is 23.7 Å². The number of primary amides is 1. The molecule has 0 unspecified atom stereocenters. The van der Waals surface area contributed by atoms with Crippen molar-refractivity contribution in [3.05, 3.63) is 64.2 Å². The van der Waals surface area contributed by atoms with E-state index in [0.717, 1.165) is 23.8 Å². The van der Waals surface area contributed by atoms with Crippen LogP contribution in [0.1, 0.15) is 21.5 Å². The van der Waals surface area contributed by atoms with E-state index in [-0.39, 0.29) is 16.5 Å². The van der Waals surface area contributed by atoms with Crippen LogP contribution >= 0.6 is 23.4 Å². The Balaban J connectivity index is 1.90. The molecule has 0 aliphatic heterocycles. The number of benzene rings is 2. The van der Waals surface area contributed by atoms with Crippen molar-refractivity contribution in [3.8, 4) is 0 Å². The van der Waals surface area contributed by atoms with Gasteiger partial charge in [0.25, 0.3) is 0 Å². The first kappa shape index (κ1) is 20.1. The number of nitrogens with one attached hydrogen (secondary N) is 1. The Morgan fingerprint density at radius 3 is 2.35 bits per heavy atom. The molecule has 2 amide bonds. The van der Waals surface area contributed by atoms with E-state index in [1.54, 1.807) is 24.3 Å². The van der Waals surface area contributed by atoms with Gasteiger partial charge in [0.1, 0.15) is 0 Å². The number of hydrogen-bond donors (Lipinski definition) is 2. The van der Waals surface area contributed by atoms with Gasteiger partial charge in [-0.2, -0.15) is 13.2 Å². The SMILES string of the molecule is NC(=O)c1ccc(CSCC(=O)Nc2cc(C(F)(F)F)ccc2Cl)cc1. The number of alkyl halides is 3. The molecule has 0 bridgehead atoms. The minimum atomic E-state index is -4.52. The summed E-state index contributed by atoms with van der Waals surface area (Å²) >= 11 is 7.10. The van der Waals surface area contributed by atoms with Crippen molar-refractivity contribution in [1.82, 2.24) is 0 Å². The fraction of sp³-hybridized carbons (Fsp3) is 0.176. The predicted octanol–water partition coefficient (Wildman–Crippen LogP) is 4.33. The van der Waals surface area contributed by atoms with E-state index in [1.165, 1.54) is 11.8 Å². The molecule has 0 saturated carbocycles. The molecule has 3 N–H and O–H groups in total. The molecule has 4 nitrogen and oxygen atoms in total. The average Bonchev–Trinajstić information content (AvgIpc) is 2.56. The summed E-state index contributed by atoms with van der Waals surface area (Å²) in [6, 6.07) is 9.34. The second kappa shape index (κ2) is 8.46. The molecular formula is C17H14ClF3N2O2S. The van der Waals surface area contributed by atoms with Crippen molar-refractivity contribution in [1.29, 1.82) is 0 Å². The fourth-order valence-electron chi connectivity index (χ4n) is 2.01. The van der Waals surface area contributed by atoms with E-state index in [9.17, 15) is 22.8 Å². The number of nitrogens with two attached hydrogens (primary N) is 1. The first-order valence-electron chi connectivity index (χ1n) is 7.30. The quantitative estimate of drug-likeness (QED) is 0.755. The Bertz CT molecular complexity index is 811. The molecule has 138 valence electrons. The van der Waals surface area contributed by atoms with Crippen LogP contribution in [0.2, 0.25) is 5.02 Å². The lowest BCUT2D eigenvalue weighted by Gasteiger charge is -2.11. The van der Waals surface area contributed by atoms with Crippen LogP contribution in [0.25, 0.3) is 0 Å². The lowest BCUT2D eigenvalue weighted by atomic mass is 10.1. The lowest BCUT2D eigenvalue weighted by Crippen LogP contribution is -2.15. The van der Waals surface area contributed by atoms with Crippen LogP contribution in [-0.4, -0.2) is 17.6 Å². The Labute approximate surface area is 156 Å². The van der Waals surface area contributed by atoms with Crippen molar-refractivity contribution in [3.63, 3.8) is 0 Å². The Morgan fingerprint density at radius 1 is 1.12 bits per heavy atom. The lowest BCUT2D eigenvalue weighted by molar-refractivity contribution is -0.137. The number of thioether (sulfide) groups is 1. The number of anilines is 1. The van der Waals surface area contributed by atoms with E-state index < -0.39 is 23.6 Å². The van der Waals surface area contributed by atoms with E-state index >= 15 is 0 Å². The third-order valence-corrected chi connectivity index (χ3v) is 4.64. The van der Waals surface area contributed by atoms with Gasteiger partial charge in [0.15, 0.2) is 0 Å². The molecule has 9 heteroatoms. The molecule has 2 aromatic rings. The summed E-state index contributed by atoms with van der Waals surface area (Å²) in [6.07, 6.45) is -4.52. The van der Waals surface area contributed by atoms with Crippen molar-refractivity contribution in [2.45, 2.75) is 11.9 Å². The van der Waals surface area contributed by atoms with Crippen molar-refractivity contribution in [2.75, 3.05) is 11.1 Å². The first-order valence-corrected chi connectivity index (χ1v) is 8.83. The van der Waals surface area contributed by atoms with Gasteiger partial charge in [0.2, 0.25) is 11.8 Å². The van der Waals surface area contributed by atoms with E-state index in [2.05, 4.69) is 5.32 Å². The molecule has 2 rings (SSSR count). The first-order chi connectivity index (χ1) is 12.2. The number of rotatable bonds is 6. The monoisotopic (exact) mass is 402 g/mol. The molecule has 0 aromatic heterocycles. The van der Waals surface area contributed by atoms with Gasteiger partial charge < -0.3 is 11.1 Å². The van der Waals surface area contributed by atoms with Crippen LogP contribution in [0, 0.1) is 0 Å². The zero-order valence-electron chi connectivity index (χ0n) is 13.3. The molecule has 0 spiro atoms. The van der Waals surface area contributed by atoms with Gasteiger partial charge in [-0.25, -0.2) is 0 Å². The maximum absolute atomic E-state index is 12.7. The smallest absolute Gasteiger partial charge is 0.366 e. The maximum Gasteiger partial charge on any atom is 0.416 e. The highest BCUT2D eigenvalue weighted by Crippen LogP contribution is 2.33. The Morgan fingerprint density at radius 2 is 1.77 bits per heavy atom. The molecular weight excluding hydrogens is 389 g/mol. The highest BCUT2D eigenvalue weighted by molar-refractivity contribution is 7.99. The number of hydrogen-bond acceptors (Lipinski definition) is 3. The maximum atomic E-state index is 12.7. The van der Waals surface area contributed by atoms with Crippen LogP contribution in [0.4, 0.5) is 18.9 Å². The van der Waals surface area contributed by atoms with E-state index in [4.69, 9.17) is 17.3 Å². The number of halogens is 4. The van der Waals surface area contributed by atoms with E-state index in [0.29, 0.717) is 11.3 Å². The molecule has 0 aliphatic carbocycles. The van der Waals surface area contributed by atoms with Gasteiger partial charge in [-0.3, -0.25) is 9.59 Å². The van der Waals surface area contributed by atoms with Crippen molar-refractivity contribution >= 4 is 40.9 Å². The second-order valence-electron chi connectivity index (χ2n) is 5.29. The third kappa shape index (κ3) is 5.67. The zero-order valence-corrected chi connectivity index (χ0v) is 14.8. The van der Waals surface area contributed by atoms with Gasteiger partial charge in [-0.05, 0) is 35.9 Å². The summed E-state index contributed by atoms with van der Waals surface area (Å²) in [5, 5.41) is 2.41. The summed E-state index contributed by atoms with van der Waals surface area (Å²) in [5.74, 6) is -0.473. The predicted molar refractivity (Wildman–Crippen MR) is 96.2 cm³/mol.